The van der Waals surface area contributed by atoms with Crippen molar-refractivity contribution in [2.75, 3.05) is 21.3 Å². The summed E-state index contributed by atoms with van der Waals surface area (Å²) in [6, 6.07) is 9.58. The number of ether oxygens (including phenoxy) is 7. The van der Waals surface area contributed by atoms with Crippen LogP contribution in [-0.4, -0.2) is 131 Å². The molecule has 2 aromatic rings. The Labute approximate surface area is 563 Å². The number of hydrogen-bond donors (Lipinski definition) is 4. The molecule has 0 unspecified atom stereocenters. The van der Waals surface area contributed by atoms with Crippen molar-refractivity contribution in [2.45, 2.75) is 332 Å². The van der Waals surface area contributed by atoms with E-state index in [-0.39, 0.29) is 54.4 Å². The molecule has 4 aliphatic heterocycles. The number of esters is 2. The molecule has 91 heavy (non-hydrogen) atoms. The van der Waals surface area contributed by atoms with Crippen molar-refractivity contribution in [3.63, 3.8) is 0 Å². The van der Waals surface area contributed by atoms with E-state index in [9.17, 15) is 34.8 Å². The van der Waals surface area contributed by atoms with Gasteiger partial charge in [0.05, 0.1) is 65.3 Å². The number of cyclic esters (lactones) is 2. The second-order valence-electron chi connectivity index (χ2n) is 21.0. The van der Waals surface area contributed by atoms with Gasteiger partial charge in [-0.25, -0.2) is 4.98 Å². The summed E-state index contributed by atoms with van der Waals surface area (Å²) in [6.45, 7) is 56.1. The van der Waals surface area contributed by atoms with Crippen molar-refractivity contribution in [1.82, 2.24) is 4.98 Å². The molecular weight excluding hydrogens is 1170 g/mol. The first-order chi connectivity index (χ1) is 43.6. The third-order valence-electron chi connectivity index (χ3n) is 15.4. The molecule has 16 heteroatoms. The van der Waals surface area contributed by atoms with E-state index < -0.39 is 77.7 Å². The molecule has 1 aromatic carbocycles. The molecule has 0 aliphatic carbocycles. The number of hydrogen-bond acceptors (Lipinski definition) is 16. The summed E-state index contributed by atoms with van der Waals surface area (Å²) in [5, 5.41) is 47.4. The van der Waals surface area contributed by atoms with Gasteiger partial charge in [-0.1, -0.05) is 235 Å². The van der Waals surface area contributed by atoms with Crippen LogP contribution in [0.3, 0.4) is 0 Å². The fourth-order valence-electron chi connectivity index (χ4n) is 10.3. The number of carbonyl (C=O) groups is 3. The Kier molecular flexibility index (Phi) is 62.8. The molecule has 0 saturated carbocycles. The van der Waals surface area contributed by atoms with E-state index in [0.29, 0.717) is 12.8 Å². The average Bonchev–Trinajstić information content (AvgIpc) is 1.95. The van der Waals surface area contributed by atoms with Crippen LogP contribution in [0.4, 0.5) is 0 Å². The normalized spacial score (nSPS) is 30.8. The number of aliphatic hydroxyl groups excluding tert-OH is 3. The van der Waals surface area contributed by atoms with Crippen molar-refractivity contribution in [1.29, 1.82) is 0 Å². The summed E-state index contributed by atoms with van der Waals surface area (Å²) < 4.78 is 40.9. The number of thiazole rings is 1. The monoisotopic (exact) mass is 1310 g/mol. The molecule has 2 bridgehead atoms. The number of Topliss-reactive ketones (excluding diaryl/α,β-unsaturated/α-hetero) is 1. The topological polar surface area (TPSA) is 213 Å². The summed E-state index contributed by atoms with van der Waals surface area (Å²) in [4.78, 5) is 43.9. The van der Waals surface area contributed by atoms with Crippen LogP contribution < -0.4 is 0 Å². The van der Waals surface area contributed by atoms with Crippen LogP contribution in [0.15, 0.2) is 53.4 Å². The van der Waals surface area contributed by atoms with Crippen LogP contribution in [0.1, 0.15) is 274 Å². The first-order valence-electron chi connectivity index (χ1n) is 35.5. The van der Waals surface area contributed by atoms with E-state index in [1.54, 1.807) is 53.3 Å². The van der Waals surface area contributed by atoms with Gasteiger partial charge in [0.2, 0.25) is 5.79 Å². The molecule has 5 heterocycles. The molecule has 4 aliphatic rings. The van der Waals surface area contributed by atoms with Gasteiger partial charge in [-0.05, 0) is 76.0 Å². The van der Waals surface area contributed by atoms with Crippen molar-refractivity contribution in [3.05, 3.63) is 69.7 Å². The maximum atomic E-state index is 13.5. The zero-order valence-corrected chi connectivity index (χ0v) is 64.8. The lowest BCUT2D eigenvalue weighted by Crippen LogP contribution is -2.66. The first kappa shape index (κ1) is 98.6. The summed E-state index contributed by atoms with van der Waals surface area (Å²) >= 11 is 1.56. The Bertz CT molecular complexity index is 2080. The van der Waals surface area contributed by atoms with Crippen LogP contribution in [0.5, 0.6) is 0 Å². The van der Waals surface area contributed by atoms with Crippen molar-refractivity contribution >= 4 is 35.1 Å². The Morgan fingerprint density at radius 2 is 1.21 bits per heavy atom. The van der Waals surface area contributed by atoms with Gasteiger partial charge < -0.3 is 53.6 Å². The van der Waals surface area contributed by atoms with E-state index in [0.717, 1.165) is 60.4 Å². The van der Waals surface area contributed by atoms with E-state index in [1.165, 1.54) is 7.11 Å². The smallest absolute Gasteiger partial charge is 0.314 e. The molecule has 6 rings (SSSR count). The van der Waals surface area contributed by atoms with E-state index >= 15 is 0 Å². The minimum atomic E-state index is -2.08. The lowest BCUT2D eigenvalue weighted by atomic mass is 9.73. The van der Waals surface area contributed by atoms with Gasteiger partial charge in [-0.15, -0.1) is 11.3 Å². The maximum Gasteiger partial charge on any atom is 0.314 e. The molecule has 0 amide bonds. The number of nitrogens with zero attached hydrogens (tertiary/aromatic N) is 1. The molecule has 0 radical (unpaired) electrons. The molecule has 15 nitrogen and oxygen atoms in total. The van der Waals surface area contributed by atoms with Crippen molar-refractivity contribution in [2.24, 2.45) is 35.0 Å². The Morgan fingerprint density at radius 1 is 0.670 bits per heavy atom. The minimum absolute atomic E-state index is 0.00770. The van der Waals surface area contributed by atoms with E-state index in [1.807, 2.05) is 227 Å². The molecular formula is C75H143NO14S. The molecule has 3 saturated heterocycles. The summed E-state index contributed by atoms with van der Waals surface area (Å²) in [7, 11) is 4.72. The van der Waals surface area contributed by atoms with E-state index in [2.05, 4.69) is 4.98 Å². The van der Waals surface area contributed by atoms with Gasteiger partial charge in [0.25, 0.3) is 0 Å². The van der Waals surface area contributed by atoms with Crippen LogP contribution in [0, 0.1) is 41.9 Å². The SMILES string of the molecule is C/C(=C\c1csc(C)n1)[C@@H]1C[C@@H]2O[C@@H]2CCC[C@H](C)[C@H](O)[C@@H](C)C(=O)C(C)(C)[C@@H](O)CC(=O)O1.CC.CC.CC.CC.CC.CC.CC.CC.CC.CC.CO[C@H]1CCCC[C@@H](c2ccccc2)OC(=O)[C@@H](C)[C@@]2(O)O[C@H]([C@@H](C)[C@H](O)[C@H]2OC)[C@@H](C)/C=C/[C@H]1OC. The quantitative estimate of drug-likeness (QED) is 0.120. The third kappa shape index (κ3) is 33.2. The van der Waals surface area contributed by atoms with Gasteiger partial charge >= 0.3 is 11.9 Å². The highest BCUT2D eigenvalue weighted by atomic mass is 32.1. The van der Waals surface area contributed by atoms with Crippen LogP contribution in [0.25, 0.3) is 6.08 Å². The largest absolute Gasteiger partial charge is 0.458 e. The highest BCUT2D eigenvalue weighted by Gasteiger charge is 2.58. The molecule has 4 N–H and O–H groups in total. The van der Waals surface area contributed by atoms with Gasteiger partial charge in [-0.2, -0.15) is 0 Å². The zero-order valence-electron chi connectivity index (χ0n) is 64.0. The molecule has 538 valence electrons. The highest BCUT2D eigenvalue weighted by Crippen LogP contribution is 2.43. The lowest BCUT2D eigenvalue weighted by molar-refractivity contribution is -0.360. The lowest BCUT2D eigenvalue weighted by Gasteiger charge is -2.51. The molecule has 17 atom stereocenters. The Hall–Kier alpha value is -3.42. The number of aromatic nitrogens is 1. The van der Waals surface area contributed by atoms with Crippen molar-refractivity contribution in [3.8, 4) is 0 Å². The Morgan fingerprint density at radius 3 is 1.70 bits per heavy atom. The van der Waals surface area contributed by atoms with Gasteiger partial charge in [0, 0.05) is 50.9 Å². The van der Waals surface area contributed by atoms with Gasteiger partial charge in [0.15, 0.2) is 0 Å². The highest BCUT2D eigenvalue weighted by molar-refractivity contribution is 7.09. The average molecular weight is 1320 g/mol. The number of fused-ring (bicyclic) bond motifs is 3. The number of carbonyl (C=O) groups excluding carboxylic acids is 3. The summed E-state index contributed by atoms with van der Waals surface area (Å²) in [5.74, 6) is -5.90. The van der Waals surface area contributed by atoms with Gasteiger partial charge in [0.1, 0.15) is 36.1 Å². The maximum absolute atomic E-state index is 13.5. The summed E-state index contributed by atoms with van der Waals surface area (Å²) in [6.07, 6.45) is 5.57. The number of rotatable bonds is 6. The molecule has 0 spiro atoms. The fraction of sp³-hybridized carbons (Fsp3) is 0.787. The standard InChI is InChI=1S/C29H44O8.C26H39NO6S.10C2H6/c1-18-16-17-24(34-5)23(33-4)15-11-10-14-22(21-12-8-7-9-13-21)36-28(31)20(3)29(32)27(35-6)25(30)19(2)26(18)37-29;1-14-8-7-9-19-21(32-19)11-20(15(2)10-18-13-34-17(4)27-18)33-23(29)12-22(28)26(5,6)25(31)16(3)24(14)30;10*1-2/h7-9,12-13,16-20,22-27,30,32H,10-11,14-15H2,1-6H3;10,13-14,16,19-22,24,28,30H,7-9,11-12H2,1-6H3;10*1-2H3/b17-16+;15-10+;;;;;;;;;;/t18-,19-,20+,22-,23-,24+,25-,26-,27+,29+;14-,16+,19+,20-,21-,22-,24-;;;;;;;;;;/m00........../s1. The fourth-order valence-corrected chi connectivity index (χ4v) is 10.9. The second kappa shape index (κ2) is 58.0. The Balaban J connectivity index is -0.000000312. The number of epoxide rings is 1. The predicted molar refractivity (Wildman–Crippen MR) is 383 cm³/mol. The van der Waals surface area contributed by atoms with E-state index in [4.69, 9.17) is 33.2 Å². The van der Waals surface area contributed by atoms with Crippen LogP contribution in [-0.2, 0) is 47.5 Å². The number of aliphatic hydroxyl groups is 4. The number of benzene rings is 1. The third-order valence-corrected chi connectivity index (χ3v) is 16.2. The second-order valence-corrected chi connectivity index (χ2v) is 22.1. The minimum Gasteiger partial charge on any atom is -0.458 e. The molecule has 3 fully saturated rings. The number of aryl methyl sites for hydroxylation is 1. The summed E-state index contributed by atoms with van der Waals surface area (Å²) in [5.41, 5.74) is 1.37. The zero-order chi connectivity index (χ0) is 72.4. The number of ketones is 1. The van der Waals surface area contributed by atoms with Crippen LogP contribution in [0.2, 0.25) is 0 Å². The predicted octanol–water partition coefficient (Wildman–Crippen LogP) is 18.2. The van der Waals surface area contributed by atoms with Crippen molar-refractivity contribution < 1.29 is 68.0 Å². The number of methoxy groups -OCH3 is 3. The van der Waals surface area contributed by atoms with Crippen LogP contribution >= 0.6 is 11.3 Å². The first-order valence-corrected chi connectivity index (χ1v) is 36.4. The van der Waals surface area contributed by atoms with Gasteiger partial charge in [-0.3, -0.25) is 14.4 Å². The molecule has 1 aromatic heterocycles.